The van der Waals surface area contributed by atoms with Gasteiger partial charge in [0.1, 0.15) is 0 Å². The van der Waals surface area contributed by atoms with Crippen molar-refractivity contribution in [1.82, 2.24) is 9.38 Å². The van der Waals surface area contributed by atoms with Gasteiger partial charge in [0, 0.05) is 37.1 Å². The zero-order valence-corrected chi connectivity index (χ0v) is 12.6. The van der Waals surface area contributed by atoms with Crippen LogP contribution in [0.25, 0.3) is 4.96 Å². The van der Waals surface area contributed by atoms with Gasteiger partial charge in [-0.15, -0.1) is 11.3 Å². The van der Waals surface area contributed by atoms with Crippen molar-refractivity contribution in [3.8, 4) is 0 Å². The molecular formula is C16H18N4S. The van der Waals surface area contributed by atoms with Crippen LogP contribution in [0.15, 0.2) is 41.9 Å². The van der Waals surface area contributed by atoms with Crippen LogP contribution in [0.2, 0.25) is 0 Å². The number of hydrogen-bond donors (Lipinski definition) is 1. The molecule has 1 atom stereocenters. The highest BCUT2D eigenvalue weighted by Gasteiger charge is 2.27. The molecule has 0 saturated carbocycles. The summed E-state index contributed by atoms with van der Waals surface area (Å²) in [7, 11) is 0. The summed E-state index contributed by atoms with van der Waals surface area (Å²) in [5, 5.41) is 2.06. The molecule has 0 bridgehead atoms. The van der Waals surface area contributed by atoms with Gasteiger partial charge in [-0.25, -0.2) is 4.98 Å². The quantitative estimate of drug-likeness (QED) is 0.809. The fourth-order valence-corrected chi connectivity index (χ4v) is 3.94. The lowest BCUT2D eigenvalue weighted by Crippen LogP contribution is -2.22. The number of thiazole rings is 1. The Morgan fingerprint density at radius 1 is 1.29 bits per heavy atom. The summed E-state index contributed by atoms with van der Waals surface area (Å²) in [4.78, 5) is 8.21. The smallest absolute Gasteiger partial charge is 0.195 e. The van der Waals surface area contributed by atoms with E-state index in [-0.39, 0.29) is 0 Å². The van der Waals surface area contributed by atoms with Crippen LogP contribution in [-0.4, -0.2) is 22.5 Å². The van der Waals surface area contributed by atoms with Gasteiger partial charge in [-0.3, -0.25) is 4.40 Å². The Kier molecular flexibility index (Phi) is 3.16. The van der Waals surface area contributed by atoms with Crippen LogP contribution in [0.3, 0.4) is 0 Å². The molecule has 1 fully saturated rings. The number of nitrogens with zero attached hydrogens (tertiary/aromatic N) is 3. The lowest BCUT2D eigenvalue weighted by atomic mass is 9.99. The Morgan fingerprint density at radius 2 is 2.14 bits per heavy atom. The summed E-state index contributed by atoms with van der Waals surface area (Å²) in [5.41, 5.74) is 8.50. The largest absolute Gasteiger partial charge is 0.354 e. The van der Waals surface area contributed by atoms with E-state index in [1.165, 1.54) is 12.0 Å². The predicted octanol–water partition coefficient (Wildman–Crippen LogP) is 2.85. The fourth-order valence-electron chi connectivity index (χ4n) is 3.21. The van der Waals surface area contributed by atoms with Crippen LogP contribution in [0, 0.1) is 0 Å². The third kappa shape index (κ3) is 2.13. The molecule has 0 radical (unpaired) electrons. The normalized spacial score (nSPS) is 18.7. The number of imidazole rings is 1. The molecule has 2 N–H and O–H groups in total. The van der Waals surface area contributed by atoms with E-state index in [0.29, 0.717) is 12.5 Å². The first kappa shape index (κ1) is 12.9. The van der Waals surface area contributed by atoms with Gasteiger partial charge < -0.3 is 10.6 Å². The molecule has 21 heavy (non-hydrogen) atoms. The topological polar surface area (TPSA) is 46.6 Å². The molecule has 3 heterocycles. The maximum atomic E-state index is 5.95. The molecule has 5 heteroatoms. The molecule has 1 aliphatic rings. The summed E-state index contributed by atoms with van der Waals surface area (Å²) in [6.45, 7) is 2.61. The van der Waals surface area contributed by atoms with Gasteiger partial charge in [0.15, 0.2) is 10.8 Å². The SMILES string of the molecule is NCc1c(N2CCC(c3ccccc3)C2)nc2sccn12. The number of anilines is 1. The second-order valence-corrected chi connectivity index (χ2v) is 6.36. The monoisotopic (exact) mass is 298 g/mol. The zero-order valence-electron chi connectivity index (χ0n) is 11.8. The summed E-state index contributed by atoms with van der Waals surface area (Å²) < 4.78 is 2.12. The molecule has 1 aliphatic heterocycles. The van der Waals surface area contributed by atoms with Gasteiger partial charge in [0.2, 0.25) is 0 Å². The number of aromatic nitrogens is 2. The van der Waals surface area contributed by atoms with Crippen LogP contribution in [-0.2, 0) is 6.54 Å². The molecule has 1 saturated heterocycles. The van der Waals surface area contributed by atoms with Crippen LogP contribution in [0.4, 0.5) is 5.82 Å². The maximum Gasteiger partial charge on any atom is 0.195 e. The molecule has 2 aromatic heterocycles. The number of hydrogen-bond acceptors (Lipinski definition) is 4. The van der Waals surface area contributed by atoms with Crippen LogP contribution in [0.5, 0.6) is 0 Å². The van der Waals surface area contributed by atoms with E-state index >= 15 is 0 Å². The Hall–Kier alpha value is -1.85. The molecule has 1 aromatic carbocycles. The molecule has 108 valence electrons. The van der Waals surface area contributed by atoms with Crippen LogP contribution in [0.1, 0.15) is 23.6 Å². The van der Waals surface area contributed by atoms with Crippen molar-refractivity contribution in [3.63, 3.8) is 0 Å². The van der Waals surface area contributed by atoms with Crippen molar-refractivity contribution >= 4 is 22.1 Å². The fraction of sp³-hybridized carbons (Fsp3) is 0.312. The van der Waals surface area contributed by atoms with E-state index in [4.69, 9.17) is 10.7 Å². The van der Waals surface area contributed by atoms with Crippen LogP contribution < -0.4 is 10.6 Å². The van der Waals surface area contributed by atoms with Crippen LogP contribution >= 0.6 is 11.3 Å². The average molecular weight is 298 g/mol. The highest BCUT2D eigenvalue weighted by Crippen LogP contribution is 2.33. The van der Waals surface area contributed by atoms with Crippen molar-refractivity contribution in [1.29, 1.82) is 0 Å². The van der Waals surface area contributed by atoms with Gasteiger partial charge >= 0.3 is 0 Å². The van der Waals surface area contributed by atoms with Gasteiger partial charge in [-0.2, -0.15) is 0 Å². The van der Waals surface area contributed by atoms with E-state index in [1.54, 1.807) is 11.3 Å². The molecule has 4 rings (SSSR count). The summed E-state index contributed by atoms with van der Waals surface area (Å²) in [6, 6.07) is 10.8. The maximum absolute atomic E-state index is 5.95. The van der Waals surface area contributed by atoms with Crippen molar-refractivity contribution in [2.75, 3.05) is 18.0 Å². The Labute approximate surface area is 127 Å². The lowest BCUT2D eigenvalue weighted by molar-refractivity contribution is 0.774. The van der Waals surface area contributed by atoms with Crippen molar-refractivity contribution in [2.45, 2.75) is 18.9 Å². The molecule has 0 amide bonds. The first-order chi connectivity index (χ1) is 10.4. The highest BCUT2D eigenvalue weighted by molar-refractivity contribution is 7.15. The first-order valence-electron chi connectivity index (χ1n) is 7.31. The zero-order chi connectivity index (χ0) is 14.2. The van der Waals surface area contributed by atoms with Gasteiger partial charge in [-0.05, 0) is 12.0 Å². The second-order valence-electron chi connectivity index (χ2n) is 5.48. The van der Waals surface area contributed by atoms with Gasteiger partial charge in [0.05, 0.1) is 5.69 Å². The molecular weight excluding hydrogens is 280 g/mol. The molecule has 3 aromatic rings. The summed E-state index contributed by atoms with van der Waals surface area (Å²) >= 11 is 1.66. The number of nitrogens with two attached hydrogens (primary N) is 1. The Balaban J connectivity index is 1.63. The first-order valence-corrected chi connectivity index (χ1v) is 8.19. The summed E-state index contributed by atoms with van der Waals surface area (Å²) in [5.74, 6) is 1.67. The third-order valence-corrected chi connectivity index (χ3v) is 5.05. The molecule has 4 nitrogen and oxygen atoms in total. The lowest BCUT2D eigenvalue weighted by Gasteiger charge is -2.17. The molecule has 1 unspecified atom stereocenters. The van der Waals surface area contributed by atoms with E-state index in [2.05, 4.69) is 51.2 Å². The average Bonchev–Trinajstić information content (AvgIpc) is 3.22. The van der Waals surface area contributed by atoms with E-state index in [9.17, 15) is 0 Å². The van der Waals surface area contributed by atoms with Gasteiger partial charge in [-0.1, -0.05) is 30.3 Å². The third-order valence-electron chi connectivity index (χ3n) is 4.29. The van der Waals surface area contributed by atoms with E-state index in [0.717, 1.165) is 29.6 Å². The number of rotatable bonds is 3. The predicted molar refractivity (Wildman–Crippen MR) is 87.0 cm³/mol. The van der Waals surface area contributed by atoms with E-state index < -0.39 is 0 Å². The summed E-state index contributed by atoms with van der Waals surface area (Å²) in [6.07, 6.45) is 3.24. The number of fused-ring (bicyclic) bond motifs is 1. The minimum absolute atomic E-state index is 0.528. The van der Waals surface area contributed by atoms with Gasteiger partial charge in [0.25, 0.3) is 0 Å². The van der Waals surface area contributed by atoms with Crippen molar-refractivity contribution in [2.24, 2.45) is 5.73 Å². The minimum Gasteiger partial charge on any atom is -0.354 e. The van der Waals surface area contributed by atoms with Crippen molar-refractivity contribution in [3.05, 3.63) is 53.2 Å². The number of benzene rings is 1. The van der Waals surface area contributed by atoms with E-state index in [1.807, 2.05) is 0 Å². The highest BCUT2D eigenvalue weighted by atomic mass is 32.1. The second kappa shape index (κ2) is 5.16. The molecule has 0 spiro atoms. The molecule has 0 aliphatic carbocycles. The Morgan fingerprint density at radius 3 is 2.95 bits per heavy atom. The Bertz CT molecular complexity index is 746. The minimum atomic E-state index is 0.528. The standard InChI is InChI=1S/C16H18N4S/c17-10-14-15(18-16-20(14)8-9-21-16)19-7-6-13(11-19)12-4-2-1-3-5-12/h1-5,8-9,13H,6-7,10-11,17H2. The van der Waals surface area contributed by atoms with Crippen molar-refractivity contribution < 1.29 is 0 Å².